The first-order chi connectivity index (χ1) is 7.59. The van der Waals surface area contributed by atoms with Gasteiger partial charge in [0, 0.05) is 6.07 Å². The summed E-state index contributed by atoms with van der Waals surface area (Å²) in [5.41, 5.74) is -0.0385. The third-order valence-electron chi connectivity index (χ3n) is 1.87. The maximum absolute atomic E-state index is 10.6. The van der Waals surface area contributed by atoms with Gasteiger partial charge in [0.25, 0.3) is 5.69 Å². The van der Waals surface area contributed by atoms with Crippen molar-refractivity contribution in [3.8, 4) is 0 Å². The zero-order chi connectivity index (χ0) is 11.7. The van der Waals surface area contributed by atoms with Crippen LogP contribution >= 0.6 is 0 Å². The summed E-state index contributed by atoms with van der Waals surface area (Å²) in [5.74, 6) is 0. The van der Waals surface area contributed by atoms with Crippen molar-refractivity contribution in [2.75, 3.05) is 0 Å². The Balaban J connectivity index is 2.61. The predicted octanol–water partition coefficient (Wildman–Crippen LogP) is 0.565. The monoisotopic (exact) mass is 224 g/mol. The summed E-state index contributed by atoms with van der Waals surface area (Å²) in [6.45, 7) is 0. The number of aromatic nitrogens is 2. The molecule has 1 aromatic heterocycles. The molecule has 0 spiro atoms. The maximum Gasteiger partial charge on any atom is 0.299 e. The molecule has 0 radical (unpaired) electrons. The molecule has 2 aromatic rings. The lowest BCUT2D eigenvalue weighted by molar-refractivity contribution is -0.748. The molecule has 9 heteroatoms. The molecule has 0 amide bonds. The van der Waals surface area contributed by atoms with Crippen molar-refractivity contribution in [3.05, 3.63) is 44.8 Å². The van der Waals surface area contributed by atoms with Gasteiger partial charge < -0.3 is 0 Å². The molecule has 16 heavy (non-hydrogen) atoms. The Morgan fingerprint density at radius 1 is 1.31 bits per heavy atom. The summed E-state index contributed by atoms with van der Waals surface area (Å²) < 4.78 is 0.752. The van der Waals surface area contributed by atoms with Crippen molar-refractivity contribution < 1.29 is 14.9 Å². The number of benzene rings is 1. The van der Waals surface area contributed by atoms with Gasteiger partial charge in [0.15, 0.2) is 16.1 Å². The quantitative estimate of drug-likeness (QED) is 0.556. The first kappa shape index (κ1) is 9.83. The van der Waals surface area contributed by atoms with Crippen molar-refractivity contribution in [1.82, 2.24) is 9.71 Å². The van der Waals surface area contributed by atoms with E-state index >= 15 is 0 Å². The second-order valence-corrected chi connectivity index (χ2v) is 2.78. The number of non-ortho nitro benzene ring substituents is 1. The maximum atomic E-state index is 10.6. The first-order valence-electron chi connectivity index (χ1n) is 4.03. The van der Waals surface area contributed by atoms with Gasteiger partial charge in [0.2, 0.25) is 6.33 Å². The van der Waals surface area contributed by atoms with Crippen LogP contribution in [0.3, 0.4) is 0 Å². The molecule has 0 saturated heterocycles. The summed E-state index contributed by atoms with van der Waals surface area (Å²) in [6.07, 6.45) is 1.00. The third kappa shape index (κ3) is 1.49. The minimum atomic E-state index is -1.03. The van der Waals surface area contributed by atoms with Crippen molar-refractivity contribution in [2.24, 2.45) is 0 Å². The van der Waals surface area contributed by atoms with Crippen LogP contribution in [0, 0.1) is 20.2 Å². The van der Waals surface area contributed by atoms with E-state index in [1.165, 1.54) is 18.2 Å². The number of hydrogen-bond acceptors (Lipinski definition) is 6. The van der Waals surface area contributed by atoms with Crippen molar-refractivity contribution in [1.29, 1.82) is 0 Å². The van der Waals surface area contributed by atoms with E-state index in [0.29, 0.717) is 0 Å². The minimum absolute atomic E-state index is 0.0364. The van der Waals surface area contributed by atoms with Gasteiger partial charge in [0.05, 0.1) is 4.92 Å². The smallest absolute Gasteiger partial charge is 0.258 e. The van der Waals surface area contributed by atoms with E-state index in [-0.39, 0.29) is 16.7 Å². The number of nitrogens with zero attached hydrogens (tertiary/aromatic N) is 4. The van der Waals surface area contributed by atoms with E-state index in [4.69, 9.17) is 0 Å². The van der Waals surface area contributed by atoms with Gasteiger partial charge >= 0.3 is 0 Å². The lowest BCUT2D eigenvalue weighted by Gasteiger charge is -1.96. The van der Waals surface area contributed by atoms with Gasteiger partial charge in [-0.3, -0.25) is 10.1 Å². The van der Waals surface area contributed by atoms with Crippen molar-refractivity contribution in [3.63, 3.8) is 0 Å². The highest BCUT2D eigenvalue weighted by atomic mass is 17.0. The Kier molecular flexibility index (Phi) is 2.12. The molecule has 0 aliphatic carbocycles. The van der Waals surface area contributed by atoms with E-state index in [9.17, 15) is 20.2 Å². The average Bonchev–Trinajstić information content (AvgIpc) is 2.60. The van der Waals surface area contributed by atoms with Crippen LogP contribution in [0.15, 0.2) is 24.5 Å². The van der Waals surface area contributed by atoms with Gasteiger partial charge in [-0.15, -0.1) is 0 Å². The molecule has 2 rings (SSSR count). The van der Waals surface area contributed by atoms with Crippen LogP contribution in [0.1, 0.15) is 0 Å². The van der Waals surface area contributed by atoms with Crippen LogP contribution in [0.5, 0.6) is 0 Å². The van der Waals surface area contributed by atoms with Gasteiger partial charge in [-0.05, 0) is 6.07 Å². The number of imidazole rings is 1. The Morgan fingerprint density at radius 2 is 2.06 bits per heavy atom. The lowest BCUT2D eigenvalue weighted by Crippen LogP contribution is -2.16. The molecular weight excluding hydrogens is 220 g/mol. The third-order valence-corrected chi connectivity index (χ3v) is 1.87. The fourth-order valence-electron chi connectivity index (χ4n) is 1.29. The number of para-hydroxylation sites is 1. The zero-order valence-electron chi connectivity index (χ0n) is 7.64. The molecule has 0 aliphatic heterocycles. The summed E-state index contributed by atoms with van der Waals surface area (Å²) in [7, 11) is 0. The van der Waals surface area contributed by atoms with E-state index in [1.807, 2.05) is 0 Å². The first-order valence-corrected chi connectivity index (χ1v) is 4.03. The number of nitro benzene ring substituents is 1. The van der Waals surface area contributed by atoms with Crippen LogP contribution in [0.2, 0.25) is 0 Å². The summed E-state index contributed by atoms with van der Waals surface area (Å²) >= 11 is 0. The molecule has 9 nitrogen and oxygen atoms in total. The largest absolute Gasteiger partial charge is 0.299 e. The Hall–Kier alpha value is -2.71. The fourth-order valence-corrected chi connectivity index (χ4v) is 1.29. The lowest BCUT2D eigenvalue weighted by atomic mass is 10.3. The highest BCUT2D eigenvalue weighted by molar-refractivity contribution is 5.84. The molecule has 0 saturated carbocycles. The van der Waals surface area contributed by atoms with Crippen LogP contribution in [-0.4, -0.2) is 19.7 Å². The highest BCUT2D eigenvalue weighted by Crippen LogP contribution is 2.22. The second-order valence-electron chi connectivity index (χ2n) is 2.78. The molecule has 82 valence electrons. The fraction of sp³-hybridized carbons (Fsp3) is 0. The second kappa shape index (κ2) is 3.46. The average molecular weight is 224 g/mol. The minimum Gasteiger partial charge on any atom is -0.258 e. The SMILES string of the molecule is O=[N+]([O-])On1cnc2c([N+](=O)[O-])cccc21. The molecule has 0 fully saturated rings. The molecule has 0 N–H and O–H groups in total. The van der Waals surface area contributed by atoms with E-state index in [0.717, 1.165) is 11.1 Å². The van der Waals surface area contributed by atoms with Gasteiger partial charge in [-0.1, -0.05) is 10.8 Å². The van der Waals surface area contributed by atoms with Gasteiger partial charge in [-0.2, -0.15) is 4.94 Å². The molecule has 0 atom stereocenters. The molecular formula is C7H4N4O5. The van der Waals surface area contributed by atoms with E-state index in [1.54, 1.807) is 0 Å². The van der Waals surface area contributed by atoms with Crippen LogP contribution in [0.25, 0.3) is 11.0 Å². The number of fused-ring (bicyclic) bond motifs is 1. The number of nitro groups is 1. The molecule has 0 bridgehead atoms. The molecule has 0 aliphatic rings. The standard InChI is InChI=1S/C7H4N4O5/c12-10(13)6-3-1-2-5-7(6)8-4-9(5)16-11(14)15/h1-4H. The Bertz CT molecular complexity index is 577. The van der Waals surface area contributed by atoms with Crippen molar-refractivity contribution in [2.45, 2.75) is 0 Å². The molecule has 0 unspecified atom stereocenters. The van der Waals surface area contributed by atoms with Crippen molar-refractivity contribution >= 4 is 16.7 Å². The van der Waals surface area contributed by atoms with Gasteiger partial charge in [0.1, 0.15) is 0 Å². The van der Waals surface area contributed by atoms with Crippen LogP contribution in [-0.2, 0) is 0 Å². The topological polar surface area (TPSA) is 113 Å². The predicted molar refractivity (Wildman–Crippen MR) is 50.0 cm³/mol. The van der Waals surface area contributed by atoms with Crippen LogP contribution in [0.4, 0.5) is 5.69 Å². The summed E-state index contributed by atoms with van der Waals surface area (Å²) in [6, 6.07) is 4.08. The normalized spacial score (nSPS) is 10.2. The molecule has 1 aromatic carbocycles. The molecule has 1 heterocycles. The Labute approximate surface area is 87.1 Å². The Morgan fingerprint density at radius 3 is 2.69 bits per heavy atom. The zero-order valence-corrected chi connectivity index (χ0v) is 7.64. The van der Waals surface area contributed by atoms with E-state index in [2.05, 4.69) is 9.92 Å². The number of rotatable bonds is 3. The number of hydrogen-bond donors (Lipinski definition) is 0. The summed E-state index contributed by atoms with van der Waals surface area (Å²) in [4.78, 5) is 28.0. The summed E-state index contributed by atoms with van der Waals surface area (Å²) in [5, 5.41) is 19.7. The van der Waals surface area contributed by atoms with Gasteiger partial charge in [-0.25, -0.2) is 15.1 Å². The highest BCUT2D eigenvalue weighted by Gasteiger charge is 2.19. The van der Waals surface area contributed by atoms with Crippen LogP contribution < -0.4 is 4.94 Å². The van der Waals surface area contributed by atoms with E-state index < -0.39 is 10.0 Å².